The number of benzene rings is 1. The van der Waals surface area contributed by atoms with Crippen molar-refractivity contribution < 1.29 is 14.3 Å². The fourth-order valence-electron chi connectivity index (χ4n) is 4.02. The Labute approximate surface area is 165 Å². The maximum Gasteiger partial charge on any atom is 0.223 e. The molecule has 6 nitrogen and oxygen atoms in total. The predicted molar refractivity (Wildman–Crippen MR) is 106 cm³/mol. The number of ether oxygens (including phenoxy) is 2. The number of nitrogens with zero attached hydrogens (tertiary/aromatic N) is 1. The molecule has 2 aromatic rings. The smallest absolute Gasteiger partial charge is 0.223 e. The van der Waals surface area contributed by atoms with E-state index in [0.717, 1.165) is 43.7 Å². The zero-order valence-electron chi connectivity index (χ0n) is 16.2. The lowest BCUT2D eigenvalue weighted by Gasteiger charge is -2.23. The average Bonchev–Trinajstić information content (AvgIpc) is 3.41. The lowest BCUT2D eigenvalue weighted by Crippen LogP contribution is -2.33. The van der Waals surface area contributed by atoms with E-state index in [2.05, 4.69) is 15.6 Å². The number of carbonyl (C=O) groups is 1. The molecule has 0 bridgehead atoms. The van der Waals surface area contributed by atoms with E-state index in [-0.39, 0.29) is 17.2 Å². The number of amides is 1. The SMILES string of the molecule is CCOc1ccc(Oc2cc(CNC(=O)C3CC34CCNCC4)ccn2)cc1. The largest absolute Gasteiger partial charge is 0.494 e. The van der Waals surface area contributed by atoms with Crippen LogP contribution in [0, 0.1) is 11.3 Å². The van der Waals surface area contributed by atoms with E-state index in [0.29, 0.717) is 24.8 Å². The fourth-order valence-corrected chi connectivity index (χ4v) is 4.02. The first-order valence-corrected chi connectivity index (χ1v) is 10.0. The average molecular weight is 381 g/mol. The Hall–Kier alpha value is -2.60. The molecule has 1 atom stereocenters. The van der Waals surface area contributed by atoms with Crippen molar-refractivity contribution in [2.24, 2.45) is 11.3 Å². The first-order valence-electron chi connectivity index (χ1n) is 10.0. The van der Waals surface area contributed by atoms with Crippen LogP contribution < -0.4 is 20.1 Å². The third-order valence-electron chi connectivity index (χ3n) is 5.73. The molecular weight excluding hydrogens is 354 g/mol. The minimum Gasteiger partial charge on any atom is -0.494 e. The molecule has 4 rings (SSSR count). The van der Waals surface area contributed by atoms with E-state index < -0.39 is 0 Å². The van der Waals surface area contributed by atoms with Crippen LogP contribution in [0.4, 0.5) is 0 Å². The van der Waals surface area contributed by atoms with Crippen molar-refractivity contribution in [1.29, 1.82) is 0 Å². The summed E-state index contributed by atoms with van der Waals surface area (Å²) < 4.78 is 11.3. The number of hydrogen-bond acceptors (Lipinski definition) is 5. The number of pyridine rings is 1. The number of nitrogens with one attached hydrogen (secondary N) is 2. The Kier molecular flexibility index (Phi) is 5.48. The maximum absolute atomic E-state index is 12.5. The zero-order valence-corrected chi connectivity index (χ0v) is 16.2. The highest BCUT2D eigenvalue weighted by Gasteiger charge is 2.57. The second-order valence-corrected chi connectivity index (χ2v) is 7.60. The molecule has 2 heterocycles. The summed E-state index contributed by atoms with van der Waals surface area (Å²) in [5.41, 5.74) is 1.24. The summed E-state index contributed by atoms with van der Waals surface area (Å²) in [4.78, 5) is 16.8. The Bertz CT molecular complexity index is 816. The quantitative estimate of drug-likeness (QED) is 0.770. The second kappa shape index (κ2) is 8.19. The van der Waals surface area contributed by atoms with Gasteiger partial charge in [0.05, 0.1) is 6.61 Å². The number of aromatic nitrogens is 1. The fraction of sp³-hybridized carbons (Fsp3) is 0.455. The van der Waals surface area contributed by atoms with Crippen LogP contribution in [-0.4, -0.2) is 30.6 Å². The van der Waals surface area contributed by atoms with Gasteiger partial charge in [0, 0.05) is 24.7 Å². The molecule has 6 heteroatoms. The predicted octanol–water partition coefficient (Wildman–Crippen LogP) is 3.28. The number of hydrogen-bond donors (Lipinski definition) is 2. The highest BCUT2D eigenvalue weighted by atomic mass is 16.5. The van der Waals surface area contributed by atoms with Gasteiger partial charge in [-0.1, -0.05) is 0 Å². The lowest BCUT2D eigenvalue weighted by atomic mass is 9.92. The molecule has 1 saturated carbocycles. The molecule has 28 heavy (non-hydrogen) atoms. The van der Waals surface area contributed by atoms with Gasteiger partial charge in [-0.25, -0.2) is 4.98 Å². The van der Waals surface area contributed by atoms with Crippen molar-refractivity contribution in [3.05, 3.63) is 48.2 Å². The molecule has 0 radical (unpaired) electrons. The lowest BCUT2D eigenvalue weighted by molar-refractivity contribution is -0.123. The van der Waals surface area contributed by atoms with E-state index >= 15 is 0 Å². The summed E-state index contributed by atoms with van der Waals surface area (Å²) in [5, 5.41) is 6.46. The van der Waals surface area contributed by atoms with Crippen molar-refractivity contribution in [2.75, 3.05) is 19.7 Å². The molecule has 1 spiro atoms. The standard InChI is InChI=1S/C22H27N3O3/c1-2-27-17-3-5-18(6-4-17)28-20-13-16(7-10-24-20)15-25-21(26)19-14-22(19)8-11-23-12-9-22/h3-7,10,13,19,23H,2,8-9,11-12,14-15H2,1H3,(H,25,26). The molecular formula is C22H27N3O3. The van der Waals surface area contributed by atoms with Gasteiger partial charge in [-0.2, -0.15) is 0 Å². The summed E-state index contributed by atoms with van der Waals surface area (Å²) in [5.74, 6) is 2.37. The number of rotatable bonds is 7. The Morgan fingerprint density at radius 1 is 1.21 bits per heavy atom. The number of piperidine rings is 1. The molecule has 2 fully saturated rings. The zero-order chi connectivity index (χ0) is 19.4. The Morgan fingerprint density at radius 3 is 2.71 bits per heavy atom. The van der Waals surface area contributed by atoms with E-state index in [4.69, 9.17) is 9.47 Å². The second-order valence-electron chi connectivity index (χ2n) is 7.60. The Morgan fingerprint density at radius 2 is 1.96 bits per heavy atom. The van der Waals surface area contributed by atoms with Gasteiger partial charge in [0.25, 0.3) is 0 Å². The number of carbonyl (C=O) groups excluding carboxylic acids is 1. The van der Waals surface area contributed by atoms with Crippen molar-refractivity contribution >= 4 is 5.91 Å². The summed E-state index contributed by atoms with van der Waals surface area (Å²) in [6.07, 6.45) is 4.96. The molecule has 1 saturated heterocycles. The van der Waals surface area contributed by atoms with Gasteiger partial charge in [-0.3, -0.25) is 4.79 Å². The minimum atomic E-state index is 0.174. The minimum absolute atomic E-state index is 0.174. The summed E-state index contributed by atoms with van der Waals surface area (Å²) >= 11 is 0. The molecule has 1 aliphatic heterocycles. The van der Waals surface area contributed by atoms with Crippen LogP contribution in [0.5, 0.6) is 17.4 Å². The van der Waals surface area contributed by atoms with Crippen LogP contribution in [0.15, 0.2) is 42.6 Å². The van der Waals surface area contributed by atoms with Gasteiger partial charge in [0.15, 0.2) is 0 Å². The van der Waals surface area contributed by atoms with Gasteiger partial charge in [-0.05, 0) is 80.6 Å². The van der Waals surface area contributed by atoms with Gasteiger partial charge >= 0.3 is 0 Å². The third-order valence-corrected chi connectivity index (χ3v) is 5.73. The van der Waals surface area contributed by atoms with Crippen LogP contribution >= 0.6 is 0 Å². The van der Waals surface area contributed by atoms with Crippen molar-refractivity contribution in [1.82, 2.24) is 15.6 Å². The summed E-state index contributed by atoms with van der Waals surface area (Å²) in [6, 6.07) is 11.2. The summed E-state index contributed by atoms with van der Waals surface area (Å²) in [7, 11) is 0. The molecule has 2 N–H and O–H groups in total. The van der Waals surface area contributed by atoms with E-state index in [1.807, 2.05) is 43.3 Å². The van der Waals surface area contributed by atoms with Crippen LogP contribution in [0.1, 0.15) is 31.7 Å². The molecule has 1 aromatic carbocycles. The van der Waals surface area contributed by atoms with Gasteiger partial charge in [0.2, 0.25) is 11.8 Å². The van der Waals surface area contributed by atoms with Gasteiger partial charge in [0.1, 0.15) is 11.5 Å². The molecule has 1 amide bonds. The van der Waals surface area contributed by atoms with E-state index in [9.17, 15) is 4.79 Å². The highest BCUT2D eigenvalue weighted by Crippen LogP contribution is 2.58. The topological polar surface area (TPSA) is 72.5 Å². The first kappa shape index (κ1) is 18.7. The molecule has 148 valence electrons. The van der Waals surface area contributed by atoms with Crippen LogP contribution in [0.3, 0.4) is 0 Å². The van der Waals surface area contributed by atoms with Crippen LogP contribution in [-0.2, 0) is 11.3 Å². The summed E-state index contributed by atoms with van der Waals surface area (Å²) in [6.45, 7) is 5.13. The monoisotopic (exact) mass is 381 g/mol. The molecule has 1 aromatic heterocycles. The van der Waals surface area contributed by atoms with E-state index in [1.54, 1.807) is 6.20 Å². The van der Waals surface area contributed by atoms with Gasteiger partial charge in [-0.15, -0.1) is 0 Å². The van der Waals surface area contributed by atoms with Gasteiger partial charge < -0.3 is 20.1 Å². The Balaban J connectivity index is 1.30. The molecule has 2 aliphatic rings. The molecule has 1 aliphatic carbocycles. The van der Waals surface area contributed by atoms with E-state index in [1.165, 1.54) is 0 Å². The van der Waals surface area contributed by atoms with Crippen molar-refractivity contribution in [3.63, 3.8) is 0 Å². The first-order chi connectivity index (χ1) is 13.7. The van der Waals surface area contributed by atoms with Crippen LogP contribution in [0.2, 0.25) is 0 Å². The van der Waals surface area contributed by atoms with Crippen LogP contribution in [0.25, 0.3) is 0 Å². The maximum atomic E-state index is 12.5. The molecule has 1 unspecified atom stereocenters. The van der Waals surface area contributed by atoms with Crippen molar-refractivity contribution in [2.45, 2.75) is 32.7 Å². The van der Waals surface area contributed by atoms with Crippen molar-refractivity contribution in [3.8, 4) is 17.4 Å². The normalized spacial score (nSPS) is 19.8. The third kappa shape index (κ3) is 4.28. The highest BCUT2D eigenvalue weighted by molar-refractivity contribution is 5.82.